The zero-order chi connectivity index (χ0) is 24.2. The van der Waals surface area contributed by atoms with Crippen LogP contribution in [0.5, 0.6) is 11.5 Å². The average Bonchev–Trinajstić information content (AvgIpc) is 3.19. The third kappa shape index (κ3) is 4.82. The standard InChI is InChI=1S/C25H20ClFN2O5/c1-32-20-10-7-14(11-21(20)33-2)12-22(30)29-23-16-5-3-4-6-19(16)34-24(23)25(31)28-15-8-9-18(27)17(26)13-15/h3-11,13H,12H2,1-2H3,(H,28,31)(H,29,30). The molecule has 2 N–H and O–H groups in total. The van der Waals surface area contributed by atoms with Gasteiger partial charge in [-0.05, 0) is 48.0 Å². The molecule has 0 atom stereocenters. The van der Waals surface area contributed by atoms with Gasteiger partial charge in [-0.15, -0.1) is 0 Å². The van der Waals surface area contributed by atoms with Gasteiger partial charge in [-0.2, -0.15) is 0 Å². The SMILES string of the molecule is COc1ccc(CC(=O)Nc2c(C(=O)Nc3ccc(F)c(Cl)c3)oc3ccccc23)cc1OC. The maximum atomic E-state index is 13.4. The highest BCUT2D eigenvalue weighted by molar-refractivity contribution is 6.31. The number of ether oxygens (including phenoxy) is 2. The molecule has 3 aromatic carbocycles. The molecule has 0 unspecified atom stereocenters. The molecule has 0 radical (unpaired) electrons. The minimum Gasteiger partial charge on any atom is -0.493 e. The smallest absolute Gasteiger partial charge is 0.293 e. The van der Waals surface area contributed by atoms with Gasteiger partial charge in [-0.1, -0.05) is 29.8 Å². The Kier molecular flexibility index (Phi) is 6.70. The third-order valence-corrected chi connectivity index (χ3v) is 5.35. The summed E-state index contributed by atoms with van der Waals surface area (Å²) < 4.78 is 29.7. The second-order valence-corrected chi connectivity index (χ2v) is 7.71. The third-order valence-electron chi connectivity index (χ3n) is 5.06. The molecule has 174 valence electrons. The minimum atomic E-state index is -0.625. The number of para-hydroxylation sites is 1. The Bertz CT molecular complexity index is 1390. The van der Waals surface area contributed by atoms with E-state index in [-0.39, 0.29) is 34.5 Å². The van der Waals surface area contributed by atoms with Crippen molar-refractivity contribution in [1.82, 2.24) is 0 Å². The number of rotatable bonds is 7. The van der Waals surface area contributed by atoms with E-state index < -0.39 is 11.7 Å². The summed E-state index contributed by atoms with van der Waals surface area (Å²) in [6.07, 6.45) is 0.0223. The quantitative estimate of drug-likeness (QED) is 0.354. The number of fused-ring (bicyclic) bond motifs is 1. The number of methoxy groups -OCH3 is 2. The lowest BCUT2D eigenvalue weighted by atomic mass is 10.1. The Hall–Kier alpha value is -4.04. The summed E-state index contributed by atoms with van der Waals surface area (Å²) in [5, 5.41) is 5.82. The molecule has 0 saturated carbocycles. The Morgan fingerprint density at radius 3 is 2.47 bits per heavy atom. The van der Waals surface area contributed by atoms with E-state index in [1.807, 2.05) is 0 Å². The predicted octanol–water partition coefficient (Wildman–Crippen LogP) is 5.68. The summed E-state index contributed by atoms with van der Waals surface area (Å²) >= 11 is 5.80. The molecule has 34 heavy (non-hydrogen) atoms. The zero-order valence-electron chi connectivity index (χ0n) is 18.3. The number of hydrogen-bond donors (Lipinski definition) is 2. The Balaban J connectivity index is 1.60. The summed E-state index contributed by atoms with van der Waals surface area (Å²) in [6.45, 7) is 0. The van der Waals surface area contributed by atoms with Crippen LogP contribution in [-0.4, -0.2) is 26.0 Å². The lowest BCUT2D eigenvalue weighted by Crippen LogP contribution is -2.18. The van der Waals surface area contributed by atoms with Crippen LogP contribution in [0.4, 0.5) is 15.8 Å². The molecular weight excluding hydrogens is 463 g/mol. The van der Waals surface area contributed by atoms with Gasteiger partial charge < -0.3 is 24.5 Å². The molecule has 0 aliphatic rings. The maximum Gasteiger partial charge on any atom is 0.293 e. The maximum absolute atomic E-state index is 13.4. The van der Waals surface area contributed by atoms with Crippen molar-refractivity contribution >= 4 is 45.8 Å². The van der Waals surface area contributed by atoms with Gasteiger partial charge in [0.15, 0.2) is 11.5 Å². The molecular formula is C25H20ClFN2O5. The van der Waals surface area contributed by atoms with Crippen LogP contribution in [0.25, 0.3) is 11.0 Å². The molecule has 1 heterocycles. The second-order valence-electron chi connectivity index (χ2n) is 7.30. The van der Waals surface area contributed by atoms with Gasteiger partial charge in [-0.25, -0.2) is 4.39 Å². The van der Waals surface area contributed by atoms with Crippen molar-refractivity contribution in [1.29, 1.82) is 0 Å². The van der Waals surface area contributed by atoms with Crippen molar-refractivity contribution in [2.45, 2.75) is 6.42 Å². The van der Waals surface area contributed by atoms with Crippen molar-refractivity contribution in [3.63, 3.8) is 0 Å². The molecule has 0 fully saturated rings. The fourth-order valence-electron chi connectivity index (χ4n) is 3.45. The molecule has 2 amide bonds. The predicted molar refractivity (Wildman–Crippen MR) is 127 cm³/mol. The highest BCUT2D eigenvalue weighted by Gasteiger charge is 2.23. The van der Waals surface area contributed by atoms with Gasteiger partial charge in [0.2, 0.25) is 11.7 Å². The fraction of sp³-hybridized carbons (Fsp3) is 0.120. The first-order valence-corrected chi connectivity index (χ1v) is 10.6. The number of carbonyl (C=O) groups is 2. The van der Waals surface area contributed by atoms with Crippen LogP contribution in [0.1, 0.15) is 16.1 Å². The highest BCUT2D eigenvalue weighted by atomic mass is 35.5. The van der Waals surface area contributed by atoms with Gasteiger partial charge in [0, 0.05) is 11.1 Å². The summed E-state index contributed by atoms with van der Waals surface area (Å²) in [5.41, 5.74) is 1.62. The van der Waals surface area contributed by atoms with Crippen molar-refractivity contribution in [3.8, 4) is 11.5 Å². The van der Waals surface area contributed by atoms with Crippen LogP contribution in [-0.2, 0) is 11.2 Å². The van der Waals surface area contributed by atoms with E-state index in [0.29, 0.717) is 28.0 Å². The molecule has 4 aromatic rings. The van der Waals surface area contributed by atoms with Crippen LogP contribution in [0, 0.1) is 5.82 Å². The van der Waals surface area contributed by atoms with Crippen LogP contribution < -0.4 is 20.1 Å². The Labute approximate surface area is 199 Å². The summed E-state index contributed by atoms with van der Waals surface area (Å²) in [7, 11) is 3.04. The monoisotopic (exact) mass is 482 g/mol. The molecule has 0 spiro atoms. The molecule has 0 aliphatic heterocycles. The van der Waals surface area contributed by atoms with Gasteiger partial charge in [-0.3, -0.25) is 9.59 Å². The van der Waals surface area contributed by atoms with Crippen LogP contribution in [0.3, 0.4) is 0 Å². The summed E-state index contributed by atoms with van der Waals surface area (Å²) in [6, 6.07) is 15.9. The molecule has 9 heteroatoms. The van der Waals surface area contributed by atoms with E-state index in [1.54, 1.807) is 42.5 Å². The van der Waals surface area contributed by atoms with Crippen LogP contribution in [0.15, 0.2) is 65.1 Å². The number of hydrogen-bond acceptors (Lipinski definition) is 5. The van der Waals surface area contributed by atoms with Crippen molar-refractivity contribution in [2.75, 3.05) is 24.9 Å². The van der Waals surface area contributed by atoms with E-state index in [4.69, 9.17) is 25.5 Å². The van der Waals surface area contributed by atoms with Gasteiger partial charge in [0.25, 0.3) is 5.91 Å². The van der Waals surface area contributed by atoms with Gasteiger partial charge in [0.1, 0.15) is 17.1 Å². The van der Waals surface area contributed by atoms with Gasteiger partial charge in [0.05, 0.1) is 25.7 Å². The second kappa shape index (κ2) is 9.84. The fourth-order valence-corrected chi connectivity index (χ4v) is 3.63. The topological polar surface area (TPSA) is 89.8 Å². The number of benzene rings is 3. The lowest BCUT2D eigenvalue weighted by Gasteiger charge is -2.10. The average molecular weight is 483 g/mol. The van der Waals surface area contributed by atoms with Gasteiger partial charge >= 0.3 is 0 Å². The molecule has 0 saturated heterocycles. The number of furan rings is 1. The van der Waals surface area contributed by atoms with E-state index >= 15 is 0 Å². The first-order chi connectivity index (χ1) is 16.4. The van der Waals surface area contributed by atoms with E-state index in [2.05, 4.69) is 10.6 Å². The first-order valence-electron chi connectivity index (χ1n) is 10.2. The Morgan fingerprint density at radius 1 is 0.971 bits per heavy atom. The Morgan fingerprint density at radius 2 is 1.74 bits per heavy atom. The van der Waals surface area contributed by atoms with Crippen molar-refractivity contribution in [2.24, 2.45) is 0 Å². The highest BCUT2D eigenvalue weighted by Crippen LogP contribution is 2.32. The molecule has 4 rings (SSSR count). The molecule has 0 aliphatic carbocycles. The van der Waals surface area contributed by atoms with Crippen LogP contribution in [0.2, 0.25) is 5.02 Å². The van der Waals surface area contributed by atoms with Crippen molar-refractivity contribution in [3.05, 3.63) is 82.8 Å². The number of halogens is 2. The first kappa shape index (κ1) is 23.1. The van der Waals surface area contributed by atoms with E-state index in [9.17, 15) is 14.0 Å². The number of carbonyl (C=O) groups excluding carboxylic acids is 2. The molecule has 0 bridgehead atoms. The number of anilines is 2. The molecule has 7 nitrogen and oxygen atoms in total. The molecule has 1 aromatic heterocycles. The lowest BCUT2D eigenvalue weighted by molar-refractivity contribution is -0.115. The summed E-state index contributed by atoms with van der Waals surface area (Å²) in [5.74, 6) is -0.640. The zero-order valence-corrected chi connectivity index (χ0v) is 19.0. The van der Waals surface area contributed by atoms with Crippen LogP contribution >= 0.6 is 11.6 Å². The number of amides is 2. The number of nitrogens with one attached hydrogen (secondary N) is 2. The van der Waals surface area contributed by atoms with E-state index in [0.717, 1.165) is 6.07 Å². The van der Waals surface area contributed by atoms with Crippen molar-refractivity contribution < 1.29 is 27.9 Å². The minimum absolute atomic E-state index is 0.0223. The normalized spacial score (nSPS) is 10.7. The van der Waals surface area contributed by atoms with E-state index in [1.165, 1.54) is 26.4 Å². The largest absolute Gasteiger partial charge is 0.493 e. The summed E-state index contributed by atoms with van der Waals surface area (Å²) in [4.78, 5) is 25.8.